The van der Waals surface area contributed by atoms with Crippen molar-refractivity contribution in [2.75, 3.05) is 6.61 Å². The molecule has 5 heteroatoms. The second-order valence-electron chi connectivity index (χ2n) is 5.75. The lowest BCUT2D eigenvalue weighted by Crippen LogP contribution is -2.42. The number of aliphatic hydroxyl groups is 1. The summed E-state index contributed by atoms with van der Waals surface area (Å²) in [4.78, 5) is 2.78. The van der Waals surface area contributed by atoms with Gasteiger partial charge in [0.25, 0.3) is 0 Å². The first-order chi connectivity index (χ1) is 11.3. The Labute approximate surface area is 135 Å². The Hall–Kier alpha value is -2.33. The Morgan fingerprint density at radius 3 is 2.09 bits per heavy atom. The van der Waals surface area contributed by atoms with Crippen LogP contribution in [-0.4, -0.2) is 30.0 Å². The average Bonchev–Trinajstić information content (AvgIpc) is 2.60. The molecular formula is C18H19N3O2. The summed E-state index contributed by atoms with van der Waals surface area (Å²) in [6.07, 6.45) is -0.391. The molecule has 0 spiro atoms. The van der Waals surface area contributed by atoms with Gasteiger partial charge in [-0.15, -0.1) is 0 Å². The molecule has 0 amide bonds. The average molecular weight is 309 g/mol. The van der Waals surface area contributed by atoms with Crippen molar-refractivity contribution in [1.29, 1.82) is 0 Å². The van der Waals surface area contributed by atoms with E-state index in [1.807, 2.05) is 36.4 Å². The van der Waals surface area contributed by atoms with Gasteiger partial charge in [0.15, 0.2) is 0 Å². The van der Waals surface area contributed by atoms with E-state index in [0.29, 0.717) is 6.42 Å². The molecule has 0 saturated carbocycles. The molecule has 1 fully saturated rings. The Morgan fingerprint density at radius 1 is 1.04 bits per heavy atom. The fourth-order valence-electron chi connectivity index (χ4n) is 3.15. The number of nitrogens with zero attached hydrogens (tertiary/aromatic N) is 3. The maximum atomic E-state index is 10.3. The van der Waals surface area contributed by atoms with Crippen LogP contribution >= 0.6 is 0 Å². The topological polar surface area (TPSA) is 78.2 Å². The minimum absolute atomic E-state index is 0.0408. The molecule has 3 atom stereocenters. The van der Waals surface area contributed by atoms with Crippen LogP contribution < -0.4 is 0 Å². The molecule has 1 aliphatic rings. The minimum atomic E-state index is -0.681. The predicted molar refractivity (Wildman–Crippen MR) is 88.0 cm³/mol. The Kier molecular flexibility index (Phi) is 4.93. The van der Waals surface area contributed by atoms with Crippen LogP contribution in [-0.2, 0) is 4.74 Å². The van der Waals surface area contributed by atoms with Gasteiger partial charge >= 0.3 is 0 Å². The van der Waals surface area contributed by atoms with E-state index in [9.17, 15) is 5.11 Å². The molecule has 0 aliphatic carbocycles. The van der Waals surface area contributed by atoms with Gasteiger partial charge in [0, 0.05) is 17.3 Å². The molecule has 2 aromatic rings. The largest absolute Gasteiger partial charge is 0.393 e. The standard InChI is InChI=1S/C18H19N3O2/c19-21-20-15-12-23-17(11-16(15)22)18(13-7-3-1-4-8-13)14-9-5-2-6-10-14/h1-10,15-18,22H,11-12H2/t15-,16?,17?/m0/s1. The lowest BCUT2D eigenvalue weighted by molar-refractivity contribution is -0.0623. The normalized spacial score (nSPS) is 24.2. The van der Waals surface area contributed by atoms with Crippen LogP contribution in [0, 0.1) is 0 Å². The molecule has 1 N–H and O–H groups in total. The first-order valence-electron chi connectivity index (χ1n) is 7.73. The summed E-state index contributed by atoms with van der Waals surface area (Å²) in [7, 11) is 0. The molecule has 3 rings (SSSR count). The summed E-state index contributed by atoms with van der Waals surface area (Å²) in [5.74, 6) is 0.0408. The van der Waals surface area contributed by atoms with Gasteiger partial charge in [-0.05, 0) is 16.7 Å². The quantitative estimate of drug-likeness (QED) is 0.531. The highest BCUT2D eigenvalue weighted by atomic mass is 16.5. The number of aliphatic hydroxyl groups excluding tert-OH is 1. The summed E-state index contributed by atoms with van der Waals surface area (Å²) in [5.41, 5.74) is 10.9. The zero-order chi connectivity index (χ0) is 16.1. The molecule has 118 valence electrons. The van der Waals surface area contributed by atoms with E-state index < -0.39 is 12.1 Å². The summed E-state index contributed by atoms with van der Waals surface area (Å²) in [5, 5.41) is 13.9. The molecule has 1 aliphatic heterocycles. The SMILES string of the molecule is [N-]=[N+]=N[C@H]1COC(C(c2ccccc2)c2ccccc2)CC1O. The predicted octanol–water partition coefficient (Wildman–Crippen LogP) is 3.65. The van der Waals surface area contributed by atoms with Crippen molar-refractivity contribution in [3.63, 3.8) is 0 Å². The van der Waals surface area contributed by atoms with E-state index in [1.165, 1.54) is 0 Å². The Morgan fingerprint density at radius 2 is 1.61 bits per heavy atom. The van der Waals surface area contributed by atoms with Gasteiger partial charge in [-0.25, -0.2) is 0 Å². The Bertz CT molecular complexity index is 632. The summed E-state index contributed by atoms with van der Waals surface area (Å²) in [6, 6.07) is 19.8. The highest BCUT2D eigenvalue weighted by Crippen LogP contribution is 2.34. The van der Waals surface area contributed by atoms with Gasteiger partial charge in [-0.1, -0.05) is 65.8 Å². The van der Waals surface area contributed by atoms with Crippen LogP contribution in [0.2, 0.25) is 0 Å². The van der Waals surface area contributed by atoms with Crippen molar-refractivity contribution >= 4 is 0 Å². The molecule has 0 bridgehead atoms. The number of rotatable bonds is 4. The molecule has 5 nitrogen and oxygen atoms in total. The van der Waals surface area contributed by atoms with Gasteiger partial charge in [0.2, 0.25) is 0 Å². The maximum absolute atomic E-state index is 10.3. The van der Waals surface area contributed by atoms with Crippen LogP contribution in [0.5, 0.6) is 0 Å². The molecule has 1 saturated heterocycles. The van der Waals surface area contributed by atoms with E-state index in [4.69, 9.17) is 10.3 Å². The van der Waals surface area contributed by atoms with Crippen molar-refractivity contribution in [3.05, 3.63) is 82.2 Å². The zero-order valence-corrected chi connectivity index (χ0v) is 12.7. The third-order valence-corrected chi connectivity index (χ3v) is 4.29. The number of benzene rings is 2. The van der Waals surface area contributed by atoms with E-state index in [-0.39, 0.29) is 18.6 Å². The highest BCUT2D eigenvalue weighted by Gasteiger charge is 2.35. The van der Waals surface area contributed by atoms with Gasteiger partial charge < -0.3 is 9.84 Å². The third kappa shape index (κ3) is 3.54. The monoisotopic (exact) mass is 309 g/mol. The summed E-state index contributed by atoms with van der Waals surface area (Å²) < 4.78 is 5.96. The smallest absolute Gasteiger partial charge is 0.0868 e. The summed E-state index contributed by atoms with van der Waals surface area (Å²) >= 11 is 0. The molecule has 1 heterocycles. The fourth-order valence-corrected chi connectivity index (χ4v) is 3.15. The first-order valence-corrected chi connectivity index (χ1v) is 7.73. The van der Waals surface area contributed by atoms with Crippen molar-refractivity contribution < 1.29 is 9.84 Å². The molecule has 2 aromatic carbocycles. The van der Waals surface area contributed by atoms with E-state index in [2.05, 4.69) is 34.3 Å². The van der Waals surface area contributed by atoms with Crippen LogP contribution in [0.4, 0.5) is 0 Å². The number of hydrogen-bond donors (Lipinski definition) is 1. The molecule has 2 unspecified atom stereocenters. The number of azide groups is 1. The van der Waals surface area contributed by atoms with Crippen molar-refractivity contribution in [2.24, 2.45) is 5.11 Å². The molecule has 0 radical (unpaired) electrons. The van der Waals surface area contributed by atoms with Crippen LogP contribution in [0.15, 0.2) is 65.8 Å². The van der Waals surface area contributed by atoms with Gasteiger partial charge in [-0.3, -0.25) is 0 Å². The first kappa shape index (κ1) is 15.6. The van der Waals surface area contributed by atoms with Gasteiger partial charge in [0.05, 0.1) is 24.9 Å². The Balaban J connectivity index is 1.90. The van der Waals surface area contributed by atoms with Crippen LogP contribution in [0.25, 0.3) is 10.4 Å². The minimum Gasteiger partial charge on any atom is -0.393 e. The second-order valence-corrected chi connectivity index (χ2v) is 5.75. The van der Waals surface area contributed by atoms with Crippen molar-refractivity contribution in [1.82, 2.24) is 0 Å². The second kappa shape index (κ2) is 7.29. The zero-order valence-electron chi connectivity index (χ0n) is 12.7. The highest BCUT2D eigenvalue weighted by molar-refractivity contribution is 5.34. The van der Waals surface area contributed by atoms with E-state index >= 15 is 0 Å². The van der Waals surface area contributed by atoms with Crippen molar-refractivity contribution in [3.8, 4) is 0 Å². The van der Waals surface area contributed by atoms with Crippen LogP contribution in [0.1, 0.15) is 23.5 Å². The van der Waals surface area contributed by atoms with Crippen molar-refractivity contribution in [2.45, 2.75) is 30.6 Å². The third-order valence-electron chi connectivity index (χ3n) is 4.29. The lowest BCUT2D eigenvalue weighted by atomic mass is 9.82. The van der Waals surface area contributed by atoms with E-state index in [1.54, 1.807) is 0 Å². The fraction of sp³-hybridized carbons (Fsp3) is 0.333. The van der Waals surface area contributed by atoms with E-state index in [0.717, 1.165) is 11.1 Å². The number of hydrogen-bond acceptors (Lipinski definition) is 3. The maximum Gasteiger partial charge on any atom is 0.0868 e. The summed E-state index contributed by atoms with van der Waals surface area (Å²) in [6.45, 7) is 0.242. The molecule has 0 aromatic heterocycles. The van der Waals surface area contributed by atoms with Gasteiger partial charge in [0.1, 0.15) is 0 Å². The number of ether oxygens (including phenoxy) is 1. The lowest BCUT2D eigenvalue weighted by Gasteiger charge is -2.36. The van der Waals surface area contributed by atoms with Crippen LogP contribution in [0.3, 0.4) is 0 Å². The molecular weight excluding hydrogens is 290 g/mol. The van der Waals surface area contributed by atoms with Gasteiger partial charge in [-0.2, -0.15) is 0 Å². The molecule has 23 heavy (non-hydrogen) atoms.